The van der Waals surface area contributed by atoms with E-state index in [4.69, 9.17) is 10.5 Å². The molecule has 2 atom stereocenters. The summed E-state index contributed by atoms with van der Waals surface area (Å²) in [6.45, 7) is 4.06. The zero-order valence-corrected chi connectivity index (χ0v) is 16.1. The van der Waals surface area contributed by atoms with Gasteiger partial charge >= 0.3 is 0 Å². The number of hydrogen-bond acceptors (Lipinski definition) is 5. The third kappa shape index (κ3) is 3.36. The van der Waals surface area contributed by atoms with Crippen LogP contribution in [0.4, 0.5) is 5.82 Å². The van der Waals surface area contributed by atoms with E-state index in [0.29, 0.717) is 43.1 Å². The Labute approximate surface area is 164 Å². The molecule has 1 spiro atoms. The molecule has 1 aromatic heterocycles. The number of nitrogens with one attached hydrogen (secondary N) is 1. The minimum absolute atomic E-state index is 0.0982. The largest absolute Gasteiger partial charge is 0.382 e. The standard InChI is InChI=1S/C21H25N5O2/c1-14-4-6-15(7-5-14)26-19(23)16(12-22)18(25-26)3-2-9-24-20(27)17-11-21(17)8-10-28-13-21/h4-7,17H,2-3,8-11,13,23H2,1H3,(H,24,27). The summed E-state index contributed by atoms with van der Waals surface area (Å²) in [5, 5.41) is 17.0. The maximum Gasteiger partial charge on any atom is 0.223 e. The normalized spacial score (nSPS) is 22.9. The molecule has 0 radical (unpaired) electrons. The number of anilines is 1. The van der Waals surface area contributed by atoms with Gasteiger partial charge in [-0.3, -0.25) is 4.79 Å². The fourth-order valence-electron chi connectivity index (χ4n) is 4.03. The average Bonchev–Trinajstić information content (AvgIpc) is 3.03. The molecule has 28 heavy (non-hydrogen) atoms. The Hall–Kier alpha value is -2.85. The predicted octanol–water partition coefficient (Wildman–Crippen LogP) is 2.11. The smallest absolute Gasteiger partial charge is 0.223 e. The minimum Gasteiger partial charge on any atom is -0.382 e. The van der Waals surface area contributed by atoms with E-state index in [-0.39, 0.29) is 17.2 Å². The SMILES string of the molecule is Cc1ccc(-n2nc(CCCNC(=O)C3CC34CCOC4)c(C#N)c2N)cc1. The molecule has 7 nitrogen and oxygen atoms in total. The molecule has 1 amide bonds. The van der Waals surface area contributed by atoms with Crippen LogP contribution in [0.2, 0.25) is 0 Å². The highest BCUT2D eigenvalue weighted by molar-refractivity contribution is 5.82. The number of nitrogens with two attached hydrogens (primary N) is 1. The van der Waals surface area contributed by atoms with Gasteiger partial charge in [0.1, 0.15) is 17.5 Å². The Bertz CT molecular complexity index is 920. The van der Waals surface area contributed by atoms with Gasteiger partial charge in [-0.25, -0.2) is 4.68 Å². The van der Waals surface area contributed by atoms with Gasteiger partial charge < -0.3 is 15.8 Å². The van der Waals surface area contributed by atoms with E-state index >= 15 is 0 Å². The second-order valence-corrected chi connectivity index (χ2v) is 7.88. The van der Waals surface area contributed by atoms with Crippen LogP contribution in [-0.4, -0.2) is 35.4 Å². The third-order valence-electron chi connectivity index (χ3n) is 5.91. The number of hydrogen-bond donors (Lipinski definition) is 2. The molecule has 1 saturated heterocycles. The van der Waals surface area contributed by atoms with Crippen LogP contribution < -0.4 is 11.1 Å². The molecule has 2 heterocycles. The van der Waals surface area contributed by atoms with Gasteiger partial charge in [0.2, 0.25) is 5.91 Å². The van der Waals surface area contributed by atoms with Crippen molar-refractivity contribution < 1.29 is 9.53 Å². The number of nitrogens with zero attached hydrogens (tertiary/aromatic N) is 3. The van der Waals surface area contributed by atoms with Crippen LogP contribution in [0.5, 0.6) is 0 Å². The lowest BCUT2D eigenvalue weighted by Crippen LogP contribution is -2.28. The van der Waals surface area contributed by atoms with Crippen molar-refractivity contribution in [3.05, 3.63) is 41.1 Å². The van der Waals surface area contributed by atoms with Crippen LogP contribution in [0.3, 0.4) is 0 Å². The first-order valence-electron chi connectivity index (χ1n) is 9.74. The molecule has 4 rings (SSSR count). The number of nitriles is 1. The lowest BCUT2D eigenvalue weighted by molar-refractivity contribution is -0.123. The van der Waals surface area contributed by atoms with Crippen molar-refractivity contribution in [2.45, 2.75) is 32.6 Å². The molecule has 7 heteroatoms. The highest BCUT2D eigenvalue weighted by atomic mass is 16.5. The molecule has 2 unspecified atom stereocenters. The van der Waals surface area contributed by atoms with Crippen molar-refractivity contribution in [3.8, 4) is 11.8 Å². The molecule has 2 aliphatic rings. The maximum absolute atomic E-state index is 12.3. The second kappa shape index (κ2) is 7.28. The number of rotatable bonds is 6. The number of carbonyl (C=O) groups excluding carboxylic acids is 1. The lowest BCUT2D eigenvalue weighted by atomic mass is 10.0. The summed E-state index contributed by atoms with van der Waals surface area (Å²) in [6.07, 6.45) is 3.23. The second-order valence-electron chi connectivity index (χ2n) is 7.88. The fraction of sp³-hybridized carbons (Fsp3) is 0.476. The highest BCUT2D eigenvalue weighted by Gasteiger charge is 2.59. The molecule has 3 N–H and O–H groups in total. The van der Waals surface area contributed by atoms with Crippen molar-refractivity contribution in [2.24, 2.45) is 11.3 Å². The number of carbonyl (C=O) groups is 1. The summed E-state index contributed by atoms with van der Waals surface area (Å²) in [7, 11) is 0. The molecule has 1 aliphatic carbocycles. The van der Waals surface area contributed by atoms with Crippen molar-refractivity contribution in [2.75, 3.05) is 25.5 Å². The van der Waals surface area contributed by atoms with Gasteiger partial charge in [0, 0.05) is 24.5 Å². The van der Waals surface area contributed by atoms with E-state index in [2.05, 4.69) is 16.5 Å². The Morgan fingerprint density at radius 1 is 1.46 bits per heavy atom. The molecule has 0 bridgehead atoms. The molecule has 1 aliphatic heterocycles. The molecular formula is C21H25N5O2. The summed E-state index contributed by atoms with van der Waals surface area (Å²) in [5.74, 6) is 0.573. The van der Waals surface area contributed by atoms with Crippen molar-refractivity contribution in [3.63, 3.8) is 0 Å². The van der Waals surface area contributed by atoms with E-state index in [1.165, 1.54) is 0 Å². The van der Waals surface area contributed by atoms with Crippen LogP contribution in [0.1, 0.15) is 36.1 Å². The quantitative estimate of drug-likeness (QED) is 0.748. The first-order valence-corrected chi connectivity index (χ1v) is 9.74. The Morgan fingerprint density at radius 3 is 2.93 bits per heavy atom. The van der Waals surface area contributed by atoms with Crippen molar-refractivity contribution in [1.29, 1.82) is 5.26 Å². The topological polar surface area (TPSA) is 106 Å². The van der Waals surface area contributed by atoms with Crippen LogP contribution in [0.15, 0.2) is 24.3 Å². The van der Waals surface area contributed by atoms with Gasteiger partial charge in [-0.2, -0.15) is 10.4 Å². The Kier molecular flexibility index (Phi) is 4.82. The molecule has 1 saturated carbocycles. The van der Waals surface area contributed by atoms with Gasteiger partial charge in [0.25, 0.3) is 0 Å². The zero-order valence-electron chi connectivity index (χ0n) is 16.1. The average molecular weight is 379 g/mol. The summed E-state index contributed by atoms with van der Waals surface area (Å²) < 4.78 is 7.05. The van der Waals surface area contributed by atoms with Crippen LogP contribution in [0.25, 0.3) is 5.69 Å². The van der Waals surface area contributed by atoms with Crippen LogP contribution in [0, 0.1) is 29.6 Å². The molecule has 2 aromatic rings. The zero-order chi connectivity index (χ0) is 19.7. The minimum atomic E-state index is 0.0982. The molecule has 2 fully saturated rings. The van der Waals surface area contributed by atoms with E-state index in [1.54, 1.807) is 4.68 Å². The number of ether oxygens (including phenoxy) is 1. The third-order valence-corrected chi connectivity index (χ3v) is 5.91. The molecule has 1 aromatic carbocycles. The number of amides is 1. The van der Waals surface area contributed by atoms with E-state index in [9.17, 15) is 10.1 Å². The van der Waals surface area contributed by atoms with Crippen LogP contribution >= 0.6 is 0 Å². The van der Waals surface area contributed by atoms with E-state index < -0.39 is 0 Å². The van der Waals surface area contributed by atoms with Gasteiger partial charge in [0.15, 0.2) is 0 Å². The van der Waals surface area contributed by atoms with Crippen LogP contribution in [-0.2, 0) is 16.0 Å². The van der Waals surface area contributed by atoms with Gasteiger partial charge in [0.05, 0.1) is 18.0 Å². The van der Waals surface area contributed by atoms with Crippen molar-refractivity contribution >= 4 is 11.7 Å². The van der Waals surface area contributed by atoms with Gasteiger partial charge in [-0.05, 0) is 44.7 Å². The predicted molar refractivity (Wildman–Crippen MR) is 105 cm³/mol. The van der Waals surface area contributed by atoms with Crippen molar-refractivity contribution in [1.82, 2.24) is 15.1 Å². The summed E-state index contributed by atoms with van der Waals surface area (Å²) in [5.41, 5.74) is 9.32. The van der Waals surface area contributed by atoms with E-state index in [1.807, 2.05) is 31.2 Å². The number of aryl methyl sites for hydroxylation is 2. The summed E-state index contributed by atoms with van der Waals surface area (Å²) in [6, 6.07) is 10.00. The summed E-state index contributed by atoms with van der Waals surface area (Å²) in [4.78, 5) is 12.3. The number of nitrogen functional groups attached to an aromatic ring is 1. The number of benzene rings is 1. The van der Waals surface area contributed by atoms with Gasteiger partial charge in [-0.15, -0.1) is 0 Å². The van der Waals surface area contributed by atoms with Gasteiger partial charge in [-0.1, -0.05) is 17.7 Å². The number of aromatic nitrogens is 2. The Morgan fingerprint density at radius 2 is 2.25 bits per heavy atom. The first kappa shape index (κ1) is 18.5. The maximum atomic E-state index is 12.3. The lowest BCUT2D eigenvalue weighted by Gasteiger charge is -2.07. The molecule has 146 valence electrons. The monoisotopic (exact) mass is 379 g/mol. The highest BCUT2D eigenvalue weighted by Crippen LogP contribution is 2.57. The fourth-order valence-corrected chi connectivity index (χ4v) is 4.03. The molecular weight excluding hydrogens is 354 g/mol. The first-order chi connectivity index (χ1) is 13.5. The Balaban J connectivity index is 1.34. The summed E-state index contributed by atoms with van der Waals surface area (Å²) >= 11 is 0. The van der Waals surface area contributed by atoms with E-state index in [0.717, 1.165) is 30.7 Å².